The Bertz CT molecular complexity index is 449. The van der Waals surface area contributed by atoms with Crippen LogP contribution in [-0.2, 0) is 4.79 Å². The number of nitrogens with two attached hydrogens (primary N) is 1. The van der Waals surface area contributed by atoms with Crippen LogP contribution in [0.1, 0.15) is 45.2 Å². The number of halogens is 1. The molecule has 112 valence electrons. The van der Waals surface area contributed by atoms with Crippen molar-refractivity contribution in [1.29, 1.82) is 0 Å². The fourth-order valence-electron chi connectivity index (χ4n) is 1.67. The van der Waals surface area contributed by atoms with E-state index in [9.17, 15) is 4.79 Å². The van der Waals surface area contributed by atoms with E-state index in [0.717, 1.165) is 18.4 Å². The van der Waals surface area contributed by atoms with Crippen molar-refractivity contribution in [2.75, 3.05) is 6.54 Å². The topological polar surface area (TPSA) is 64.3 Å². The summed E-state index contributed by atoms with van der Waals surface area (Å²) in [6.07, 6.45) is 1.42. The Morgan fingerprint density at radius 1 is 1.45 bits per heavy atom. The van der Waals surface area contributed by atoms with Crippen molar-refractivity contribution in [3.8, 4) is 5.75 Å². The Kier molecular flexibility index (Phi) is 6.82. The van der Waals surface area contributed by atoms with Gasteiger partial charge in [-0.15, -0.1) is 0 Å². The maximum absolute atomic E-state index is 11.8. The third-order valence-corrected chi connectivity index (χ3v) is 3.28. The van der Waals surface area contributed by atoms with E-state index in [-0.39, 0.29) is 11.9 Å². The van der Waals surface area contributed by atoms with Crippen LogP contribution in [0.15, 0.2) is 18.2 Å². The van der Waals surface area contributed by atoms with Crippen LogP contribution >= 0.6 is 11.6 Å². The Hall–Kier alpha value is -1.26. The van der Waals surface area contributed by atoms with Gasteiger partial charge >= 0.3 is 0 Å². The van der Waals surface area contributed by atoms with E-state index in [1.165, 1.54) is 0 Å². The van der Waals surface area contributed by atoms with E-state index in [2.05, 4.69) is 12.2 Å². The van der Waals surface area contributed by atoms with E-state index in [4.69, 9.17) is 22.1 Å². The number of hydrogen-bond donors (Lipinski definition) is 2. The highest BCUT2D eigenvalue weighted by atomic mass is 35.5. The van der Waals surface area contributed by atoms with Crippen LogP contribution in [0.4, 0.5) is 0 Å². The van der Waals surface area contributed by atoms with Gasteiger partial charge in [-0.1, -0.05) is 31.0 Å². The molecule has 0 aliphatic rings. The van der Waals surface area contributed by atoms with Gasteiger partial charge in [0.15, 0.2) is 6.10 Å². The molecule has 3 N–H and O–H groups in total. The molecule has 0 bridgehead atoms. The number of unbranched alkanes of at least 4 members (excludes halogenated alkanes) is 1. The summed E-state index contributed by atoms with van der Waals surface area (Å²) in [7, 11) is 0. The molecule has 0 aromatic heterocycles. The Balaban J connectivity index is 2.61. The lowest BCUT2D eigenvalue weighted by Crippen LogP contribution is -2.36. The number of carbonyl (C=O) groups excluding carboxylic acids is 1. The normalized spacial score (nSPS) is 13.7. The van der Waals surface area contributed by atoms with Crippen molar-refractivity contribution in [3.05, 3.63) is 28.8 Å². The predicted octanol–water partition coefficient (Wildman–Crippen LogP) is 3.04. The fraction of sp³-hybridized carbons (Fsp3) is 0.533. The molecule has 1 aromatic rings. The van der Waals surface area contributed by atoms with Crippen LogP contribution in [0, 0.1) is 0 Å². The smallest absolute Gasteiger partial charge is 0.260 e. The van der Waals surface area contributed by atoms with Gasteiger partial charge in [-0.05, 0) is 38.0 Å². The summed E-state index contributed by atoms with van der Waals surface area (Å²) in [5.74, 6) is 0.361. The van der Waals surface area contributed by atoms with E-state index >= 15 is 0 Å². The second-order valence-corrected chi connectivity index (χ2v) is 5.29. The Morgan fingerprint density at radius 2 is 2.15 bits per heavy atom. The van der Waals surface area contributed by atoms with E-state index in [0.29, 0.717) is 17.3 Å². The summed E-state index contributed by atoms with van der Waals surface area (Å²) in [6, 6.07) is 5.28. The average Bonchev–Trinajstić information content (AvgIpc) is 2.40. The molecular weight excluding hydrogens is 276 g/mol. The van der Waals surface area contributed by atoms with E-state index in [1.807, 2.05) is 13.0 Å². The van der Waals surface area contributed by atoms with Gasteiger partial charge in [0, 0.05) is 12.6 Å². The Labute approximate surface area is 125 Å². The maximum Gasteiger partial charge on any atom is 0.260 e. The van der Waals surface area contributed by atoms with Gasteiger partial charge in [0.2, 0.25) is 0 Å². The lowest BCUT2D eigenvalue weighted by Gasteiger charge is -2.16. The molecule has 0 radical (unpaired) electrons. The zero-order chi connectivity index (χ0) is 15.1. The third-order valence-electron chi connectivity index (χ3n) is 2.98. The zero-order valence-corrected chi connectivity index (χ0v) is 13.0. The summed E-state index contributed by atoms with van der Waals surface area (Å²) in [4.78, 5) is 11.8. The largest absolute Gasteiger partial charge is 0.479 e. The molecule has 0 heterocycles. The second-order valence-electron chi connectivity index (χ2n) is 4.88. The van der Waals surface area contributed by atoms with Crippen molar-refractivity contribution in [2.45, 2.75) is 45.8 Å². The molecule has 20 heavy (non-hydrogen) atoms. The van der Waals surface area contributed by atoms with Gasteiger partial charge in [-0.25, -0.2) is 0 Å². The van der Waals surface area contributed by atoms with Crippen molar-refractivity contribution in [3.63, 3.8) is 0 Å². The number of carbonyl (C=O) groups is 1. The molecule has 1 aromatic carbocycles. The van der Waals surface area contributed by atoms with Crippen LogP contribution in [0.2, 0.25) is 5.02 Å². The molecule has 0 saturated heterocycles. The molecule has 0 saturated carbocycles. The summed E-state index contributed by atoms with van der Waals surface area (Å²) in [6.45, 7) is 6.33. The van der Waals surface area contributed by atoms with Crippen LogP contribution in [-0.4, -0.2) is 18.6 Å². The first kappa shape index (κ1) is 16.8. The second kappa shape index (κ2) is 8.12. The molecule has 0 aliphatic heterocycles. The lowest BCUT2D eigenvalue weighted by atomic mass is 10.1. The minimum Gasteiger partial charge on any atom is -0.479 e. The number of ether oxygens (including phenoxy) is 1. The molecule has 2 atom stereocenters. The summed E-state index contributed by atoms with van der Waals surface area (Å²) < 4.78 is 5.59. The lowest BCUT2D eigenvalue weighted by molar-refractivity contribution is -0.127. The van der Waals surface area contributed by atoms with Crippen LogP contribution in [0.3, 0.4) is 0 Å². The number of hydrogen-bond acceptors (Lipinski definition) is 3. The highest BCUT2D eigenvalue weighted by molar-refractivity contribution is 6.32. The summed E-state index contributed by atoms with van der Waals surface area (Å²) in [5, 5.41) is 3.29. The molecule has 4 nitrogen and oxygen atoms in total. The quantitative estimate of drug-likeness (QED) is 0.761. The number of rotatable bonds is 7. The van der Waals surface area contributed by atoms with Crippen LogP contribution < -0.4 is 15.8 Å². The highest BCUT2D eigenvalue weighted by Crippen LogP contribution is 2.28. The first-order chi connectivity index (χ1) is 9.45. The van der Waals surface area contributed by atoms with E-state index < -0.39 is 6.10 Å². The molecule has 0 fully saturated rings. The van der Waals surface area contributed by atoms with Gasteiger partial charge < -0.3 is 15.8 Å². The van der Waals surface area contributed by atoms with Crippen molar-refractivity contribution < 1.29 is 9.53 Å². The van der Waals surface area contributed by atoms with E-state index in [1.54, 1.807) is 19.1 Å². The van der Waals surface area contributed by atoms with Gasteiger partial charge in [0.05, 0.1) is 5.02 Å². The SMILES string of the molecule is CCCCNC(=O)C(C)Oc1ccc([C@H](C)N)cc1Cl. The number of nitrogens with one attached hydrogen (secondary N) is 1. The van der Waals surface area contributed by atoms with Gasteiger partial charge in [0.1, 0.15) is 5.75 Å². The third kappa shape index (κ3) is 5.02. The Morgan fingerprint density at radius 3 is 2.70 bits per heavy atom. The van der Waals surface area contributed by atoms with Crippen molar-refractivity contribution in [2.24, 2.45) is 5.73 Å². The van der Waals surface area contributed by atoms with Crippen LogP contribution in [0.25, 0.3) is 0 Å². The standard InChI is InChI=1S/C15H23ClN2O2/c1-4-5-8-18-15(19)11(3)20-14-7-6-12(10(2)17)9-13(14)16/h6-7,9-11H,4-5,8,17H2,1-3H3,(H,18,19)/t10-,11?/m0/s1. The minimum atomic E-state index is -0.578. The molecule has 0 spiro atoms. The fourth-order valence-corrected chi connectivity index (χ4v) is 1.91. The molecule has 5 heteroatoms. The van der Waals surface area contributed by atoms with Gasteiger partial charge in [-0.2, -0.15) is 0 Å². The zero-order valence-electron chi connectivity index (χ0n) is 12.3. The first-order valence-corrected chi connectivity index (χ1v) is 7.32. The summed E-state index contributed by atoms with van der Waals surface area (Å²) >= 11 is 6.14. The molecule has 1 rings (SSSR count). The monoisotopic (exact) mass is 298 g/mol. The summed E-state index contributed by atoms with van der Waals surface area (Å²) in [5.41, 5.74) is 6.72. The molecule has 0 aliphatic carbocycles. The maximum atomic E-state index is 11.8. The predicted molar refractivity (Wildman–Crippen MR) is 82.1 cm³/mol. The first-order valence-electron chi connectivity index (χ1n) is 6.95. The van der Waals surface area contributed by atoms with Crippen molar-refractivity contribution >= 4 is 17.5 Å². The number of benzene rings is 1. The van der Waals surface area contributed by atoms with Gasteiger partial charge in [-0.3, -0.25) is 4.79 Å². The molecule has 1 unspecified atom stereocenters. The van der Waals surface area contributed by atoms with Crippen LogP contribution in [0.5, 0.6) is 5.75 Å². The number of amides is 1. The van der Waals surface area contributed by atoms with Gasteiger partial charge in [0.25, 0.3) is 5.91 Å². The highest BCUT2D eigenvalue weighted by Gasteiger charge is 2.16. The molecular formula is C15H23ClN2O2. The molecule has 1 amide bonds. The van der Waals surface area contributed by atoms with Crippen molar-refractivity contribution in [1.82, 2.24) is 5.32 Å². The average molecular weight is 299 g/mol. The minimum absolute atomic E-state index is 0.0867.